The summed E-state index contributed by atoms with van der Waals surface area (Å²) in [5.74, 6) is 0.521. The summed E-state index contributed by atoms with van der Waals surface area (Å²) in [5, 5.41) is 0. The fourth-order valence-corrected chi connectivity index (χ4v) is 1.19. The van der Waals surface area contributed by atoms with E-state index in [0.717, 1.165) is 10.5 Å². The van der Waals surface area contributed by atoms with Gasteiger partial charge in [0.2, 0.25) is 0 Å². The van der Waals surface area contributed by atoms with Crippen LogP contribution in [-0.4, -0.2) is 16.1 Å². The summed E-state index contributed by atoms with van der Waals surface area (Å²) in [4.78, 5) is 0. The zero-order chi connectivity index (χ0) is 7.49. The molecule has 0 amide bonds. The minimum absolute atomic E-state index is 0.0910. The highest BCUT2D eigenvalue weighted by molar-refractivity contribution is 5.98. The molecule has 1 nitrogen and oxygen atoms in total. The predicted octanol–water partition coefficient (Wildman–Crippen LogP) is 0.884. The molecule has 0 radical (unpaired) electrons. The van der Waals surface area contributed by atoms with Gasteiger partial charge in [-0.3, -0.25) is 0 Å². The summed E-state index contributed by atoms with van der Waals surface area (Å²) in [6, 6.07) is 0. The highest BCUT2D eigenvalue weighted by atomic mass is 28.2. The Morgan fingerprint density at radius 2 is 2.11 bits per heavy atom. The topological polar surface area (TPSA) is 9.23 Å². The van der Waals surface area contributed by atoms with E-state index in [1.807, 2.05) is 6.08 Å². The van der Waals surface area contributed by atoms with Crippen molar-refractivity contribution in [3.05, 3.63) is 12.7 Å². The zero-order valence-electron chi connectivity index (χ0n) is 6.77. The van der Waals surface area contributed by atoms with Crippen molar-refractivity contribution in [1.82, 2.24) is 0 Å². The molecule has 0 heterocycles. The van der Waals surface area contributed by atoms with E-state index < -0.39 is 0 Å². The van der Waals surface area contributed by atoms with Gasteiger partial charge in [-0.2, -0.15) is 0 Å². The first-order chi connectivity index (χ1) is 4.06. The van der Waals surface area contributed by atoms with Crippen molar-refractivity contribution in [1.29, 1.82) is 0 Å². The molecular weight excluding hydrogens is 128 g/mol. The van der Waals surface area contributed by atoms with E-state index in [2.05, 4.69) is 27.4 Å². The molecule has 0 saturated heterocycles. The molecule has 0 aromatic carbocycles. The van der Waals surface area contributed by atoms with Gasteiger partial charge in [0.1, 0.15) is 10.5 Å². The average molecular weight is 144 g/mol. The van der Waals surface area contributed by atoms with Gasteiger partial charge in [0, 0.05) is 0 Å². The molecule has 0 aliphatic carbocycles. The van der Waals surface area contributed by atoms with E-state index in [9.17, 15) is 0 Å². The smallest absolute Gasteiger partial charge is 0.147 e. The Morgan fingerprint density at radius 3 is 2.11 bits per heavy atom. The SMILES string of the molecule is C=CC(C)(O[SiH3])C(C)C. The lowest BCUT2D eigenvalue weighted by Crippen LogP contribution is -2.31. The van der Waals surface area contributed by atoms with Crippen LogP contribution in [0, 0.1) is 5.92 Å². The van der Waals surface area contributed by atoms with Crippen molar-refractivity contribution >= 4 is 10.5 Å². The van der Waals surface area contributed by atoms with Crippen LogP contribution in [0.5, 0.6) is 0 Å². The van der Waals surface area contributed by atoms with Gasteiger partial charge in [0.25, 0.3) is 0 Å². The molecule has 0 aliphatic rings. The molecule has 0 aromatic heterocycles. The van der Waals surface area contributed by atoms with Crippen molar-refractivity contribution in [3.63, 3.8) is 0 Å². The lowest BCUT2D eigenvalue weighted by atomic mass is 9.93. The van der Waals surface area contributed by atoms with E-state index in [-0.39, 0.29) is 5.60 Å². The van der Waals surface area contributed by atoms with Gasteiger partial charge in [-0.05, 0) is 12.8 Å². The second-order valence-corrected chi connectivity index (χ2v) is 3.16. The zero-order valence-corrected chi connectivity index (χ0v) is 8.77. The maximum Gasteiger partial charge on any atom is 0.147 e. The van der Waals surface area contributed by atoms with Crippen molar-refractivity contribution in [2.45, 2.75) is 26.4 Å². The number of rotatable bonds is 3. The third kappa shape index (κ3) is 1.95. The molecule has 0 spiro atoms. The Morgan fingerprint density at radius 1 is 1.67 bits per heavy atom. The lowest BCUT2D eigenvalue weighted by Gasteiger charge is -2.29. The summed E-state index contributed by atoms with van der Waals surface area (Å²) in [5.41, 5.74) is -0.0910. The first-order valence-electron chi connectivity index (χ1n) is 3.25. The quantitative estimate of drug-likeness (QED) is 0.422. The Hall–Kier alpha value is -0.0831. The Balaban J connectivity index is 4.08. The minimum atomic E-state index is -0.0910. The van der Waals surface area contributed by atoms with Crippen LogP contribution in [0.25, 0.3) is 0 Å². The largest absolute Gasteiger partial charge is 0.419 e. The first-order valence-corrected chi connectivity index (χ1v) is 4.07. The van der Waals surface area contributed by atoms with Gasteiger partial charge >= 0.3 is 0 Å². The van der Waals surface area contributed by atoms with Gasteiger partial charge in [-0.1, -0.05) is 19.9 Å². The maximum absolute atomic E-state index is 5.37. The molecule has 0 bridgehead atoms. The van der Waals surface area contributed by atoms with E-state index in [1.54, 1.807) is 0 Å². The summed E-state index contributed by atoms with van der Waals surface area (Å²) in [6.45, 7) is 10.1. The van der Waals surface area contributed by atoms with Gasteiger partial charge in [0.05, 0.1) is 5.60 Å². The van der Waals surface area contributed by atoms with Crippen LogP contribution in [0.1, 0.15) is 20.8 Å². The molecule has 54 valence electrons. The van der Waals surface area contributed by atoms with Crippen LogP contribution >= 0.6 is 0 Å². The van der Waals surface area contributed by atoms with Crippen LogP contribution in [0.15, 0.2) is 12.7 Å². The van der Waals surface area contributed by atoms with Crippen molar-refractivity contribution in [3.8, 4) is 0 Å². The van der Waals surface area contributed by atoms with Gasteiger partial charge < -0.3 is 4.43 Å². The van der Waals surface area contributed by atoms with Gasteiger partial charge in [-0.15, -0.1) is 6.58 Å². The Labute approximate surface area is 60.6 Å². The van der Waals surface area contributed by atoms with Crippen molar-refractivity contribution in [2.75, 3.05) is 0 Å². The van der Waals surface area contributed by atoms with E-state index >= 15 is 0 Å². The molecule has 0 fully saturated rings. The van der Waals surface area contributed by atoms with Crippen LogP contribution < -0.4 is 0 Å². The van der Waals surface area contributed by atoms with Gasteiger partial charge in [0.15, 0.2) is 0 Å². The van der Waals surface area contributed by atoms with Crippen LogP contribution in [0.4, 0.5) is 0 Å². The third-order valence-corrected chi connectivity index (χ3v) is 2.87. The number of hydrogen-bond donors (Lipinski definition) is 0. The van der Waals surface area contributed by atoms with Crippen LogP contribution in [0.3, 0.4) is 0 Å². The molecule has 0 aromatic rings. The summed E-state index contributed by atoms with van der Waals surface area (Å²) >= 11 is 0. The van der Waals surface area contributed by atoms with E-state index in [4.69, 9.17) is 4.43 Å². The van der Waals surface area contributed by atoms with Crippen LogP contribution in [-0.2, 0) is 4.43 Å². The average Bonchev–Trinajstić information content (AvgIpc) is 1.86. The molecule has 0 aliphatic heterocycles. The van der Waals surface area contributed by atoms with Crippen molar-refractivity contribution < 1.29 is 4.43 Å². The fraction of sp³-hybridized carbons (Fsp3) is 0.714. The Kier molecular flexibility index (Phi) is 3.15. The fourth-order valence-electron chi connectivity index (χ4n) is 0.555. The van der Waals surface area contributed by atoms with E-state index in [0.29, 0.717) is 5.92 Å². The highest BCUT2D eigenvalue weighted by Crippen LogP contribution is 2.20. The Bertz CT molecular complexity index is 101. The second-order valence-electron chi connectivity index (χ2n) is 2.75. The third-order valence-electron chi connectivity index (χ3n) is 1.99. The molecule has 0 N–H and O–H groups in total. The van der Waals surface area contributed by atoms with Crippen LogP contribution in [0.2, 0.25) is 0 Å². The maximum atomic E-state index is 5.37. The molecule has 0 saturated carbocycles. The second kappa shape index (κ2) is 3.18. The predicted molar refractivity (Wildman–Crippen MR) is 44.5 cm³/mol. The molecule has 1 atom stereocenters. The summed E-state index contributed by atoms with van der Waals surface area (Å²) < 4.78 is 5.37. The van der Waals surface area contributed by atoms with E-state index in [1.165, 1.54) is 0 Å². The summed E-state index contributed by atoms with van der Waals surface area (Å²) in [6.07, 6.45) is 1.88. The van der Waals surface area contributed by atoms with Crippen molar-refractivity contribution in [2.24, 2.45) is 5.92 Å². The summed E-state index contributed by atoms with van der Waals surface area (Å²) in [7, 11) is 0.783. The molecule has 2 heteroatoms. The first kappa shape index (κ1) is 8.92. The minimum Gasteiger partial charge on any atom is -0.419 e. The molecule has 9 heavy (non-hydrogen) atoms. The number of hydrogen-bond acceptors (Lipinski definition) is 1. The molecular formula is C7H16OSi. The van der Waals surface area contributed by atoms with Gasteiger partial charge in [-0.25, -0.2) is 0 Å². The monoisotopic (exact) mass is 144 g/mol. The molecule has 1 unspecified atom stereocenters. The normalized spacial score (nSPS) is 17.8. The standard InChI is InChI=1S/C7H16OSi/c1-5-7(4,8-9)6(2)3/h5-6H,1H2,2-4,9H3. The molecule has 0 rings (SSSR count). The lowest BCUT2D eigenvalue weighted by molar-refractivity contribution is 0.103. The highest BCUT2D eigenvalue weighted by Gasteiger charge is 2.22.